The van der Waals surface area contributed by atoms with E-state index in [2.05, 4.69) is 20.9 Å². The van der Waals surface area contributed by atoms with E-state index >= 15 is 0 Å². The van der Waals surface area contributed by atoms with Crippen molar-refractivity contribution in [2.75, 3.05) is 5.73 Å². The van der Waals surface area contributed by atoms with Gasteiger partial charge in [0.25, 0.3) is 0 Å². The number of anilines is 1. The lowest BCUT2D eigenvalue weighted by Crippen LogP contribution is -1.94. The SMILES string of the molecule is Cc1c(Cl)c(C)c(C=Nc2ccccc2N)c(O)c1Br. The molecule has 0 saturated heterocycles. The van der Waals surface area contributed by atoms with E-state index in [1.807, 2.05) is 32.0 Å². The molecule has 0 aromatic heterocycles. The number of aliphatic imine (C=N–C) groups is 1. The molecular weight excluding hydrogens is 340 g/mol. The molecule has 2 aromatic rings. The van der Waals surface area contributed by atoms with E-state index in [1.165, 1.54) is 0 Å². The van der Waals surface area contributed by atoms with Crippen LogP contribution in [0.25, 0.3) is 0 Å². The highest BCUT2D eigenvalue weighted by Gasteiger charge is 2.15. The Morgan fingerprint density at radius 3 is 2.55 bits per heavy atom. The van der Waals surface area contributed by atoms with Crippen molar-refractivity contribution in [3.8, 4) is 5.75 Å². The van der Waals surface area contributed by atoms with Gasteiger partial charge < -0.3 is 10.8 Å². The van der Waals surface area contributed by atoms with Gasteiger partial charge in [-0.2, -0.15) is 0 Å². The smallest absolute Gasteiger partial charge is 0.139 e. The summed E-state index contributed by atoms with van der Waals surface area (Å²) in [6.07, 6.45) is 1.58. The van der Waals surface area contributed by atoms with Gasteiger partial charge in [0.15, 0.2) is 0 Å². The highest BCUT2D eigenvalue weighted by atomic mass is 79.9. The zero-order valence-electron chi connectivity index (χ0n) is 11.1. The number of hydrogen-bond acceptors (Lipinski definition) is 3. The van der Waals surface area contributed by atoms with Crippen molar-refractivity contribution in [1.82, 2.24) is 0 Å². The van der Waals surface area contributed by atoms with E-state index in [-0.39, 0.29) is 5.75 Å². The minimum absolute atomic E-state index is 0.127. The average molecular weight is 354 g/mol. The number of phenolic OH excluding ortho intramolecular Hbond substituents is 1. The first-order chi connectivity index (χ1) is 9.43. The molecule has 0 spiro atoms. The molecule has 3 nitrogen and oxygen atoms in total. The Morgan fingerprint density at radius 2 is 1.90 bits per heavy atom. The fourth-order valence-electron chi connectivity index (χ4n) is 1.87. The molecule has 20 heavy (non-hydrogen) atoms. The van der Waals surface area contributed by atoms with Gasteiger partial charge in [-0.3, -0.25) is 4.99 Å². The van der Waals surface area contributed by atoms with Crippen molar-refractivity contribution < 1.29 is 5.11 Å². The normalized spacial score (nSPS) is 11.2. The second-order valence-electron chi connectivity index (χ2n) is 4.46. The zero-order chi connectivity index (χ0) is 14.9. The first kappa shape index (κ1) is 14.9. The molecule has 0 saturated carbocycles. The Labute approximate surface area is 131 Å². The maximum Gasteiger partial charge on any atom is 0.139 e. The van der Waals surface area contributed by atoms with Gasteiger partial charge >= 0.3 is 0 Å². The van der Waals surface area contributed by atoms with E-state index in [1.54, 1.807) is 12.3 Å². The molecule has 104 valence electrons. The third-order valence-corrected chi connectivity index (χ3v) is 4.66. The molecule has 0 unspecified atom stereocenters. The molecule has 0 atom stereocenters. The lowest BCUT2D eigenvalue weighted by Gasteiger charge is -2.12. The van der Waals surface area contributed by atoms with Gasteiger partial charge in [-0.05, 0) is 53.0 Å². The van der Waals surface area contributed by atoms with Crippen LogP contribution in [-0.2, 0) is 0 Å². The summed E-state index contributed by atoms with van der Waals surface area (Å²) in [6.45, 7) is 3.69. The fraction of sp³-hybridized carbons (Fsp3) is 0.133. The van der Waals surface area contributed by atoms with Crippen LogP contribution in [-0.4, -0.2) is 11.3 Å². The van der Waals surface area contributed by atoms with Crippen molar-refractivity contribution in [1.29, 1.82) is 0 Å². The van der Waals surface area contributed by atoms with Crippen LogP contribution in [0.3, 0.4) is 0 Å². The summed E-state index contributed by atoms with van der Waals surface area (Å²) in [6, 6.07) is 7.28. The standard InChI is InChI=1S/C15H14BrClN2O/c1-8-10(15(20)13(16)9(2)14(8)17)7-19-12-6-4-3-5-11(12)18/h3-7,20H,18H2,1-2H3. The van der Waals surface area contributed by atoms with E-state index in [9.17, 15) is 5.11 Å². The van der Waals surface area contributed by atoms with Crippen LogP contribution in [0.5, 0.6) is 5.75 Å². The van der Waals surface area contributed by atoms with Crippen LogP contribution in [0.15, 0.2) is 33.7 Å². The van der Waals surface area contributed by atoms with E-state index in [0.717, 1.165) is 11.1 Å². The van der Waals surface area contributed by atoms with Gasteiger partial charge in [0.1, 0.15) is 5.75 Å². The molecule has 3 N–H and O–H groups in total. The number of nitrogens with zero attached hydrogens (tertiary/aromatic N) is 1. The van der Waals surface area contributed by atoms with Crippen molar-refractivity contribution in [3.63, 3.8) is 0 Å². The van der Waals surface area contributed by atoms with Crippen molar-refractivity contribution in [2.24, 2.45) is 4.99 Å². The molecule has 5 heteroatoms. The van der Waals surface area contributed by atoms with Crippen LogP contribution < -0.4 is 5.73 Å². The lowest BCUT2D eigenvalue weighted by atomic mass is 10.0. The number of aromatic hydroxyl groups is 1. The van der Waals surface area contributed by atoms with E-state index in [4.69, 9.17) is 17.3 Å². The van der Waals surface area contributed by atoms with Gasteiger partial charge in [-0.1, -0.05) is 23.7 Å². The third-order valence-electron chi connectivity index (χ3n) is 3.12. The van der Waals surface area contributed by atoms with Crippen LogP contribution >= 0.6 is 27.5 Å². The second-order valence-corrected chi connectivity index (χ2v) is 5.63. The van der Waals surface area contributed by atoms with Gasteiger partial charge in [-0.15, -0.1) is 0 Å². The number of benzene rings is 2. The number of para-hydroxylation sites is 2. The zero-order valence-corrected chi connectivity index (χ0v) is 13.5. The molecule has 0 fully saturated rings. The topological polar surface area (TPSA) is 58.6 Å². The van der Waals surface area contributed by atoms with Gasteiger partial charge in [-0.25, -0.2) is 0 Å². The summed E-state index contributed by atoms with van der Waals surface area (Å²) in [7, 11) is 0. The Hall–Kier alpha value is -1.52. The summed E-state index contributed by atoms with van der Waals surface area (Å²) < 4.78 is 0.579. The predicted molar refractivity (Wildman–Crippen MR) is 88.4 cm³/mol. The predicted octanol–water partition coefficient (Wildman–Crippen LogP) is 4.76. The molecule has 0 aliphatic heterocycles. The van der Waals surface area contributed by atoms with Crippen molar-refractivity contribution in [3.05, 3.63) is 50.5 Å². The van der Waals surface area contributed by atoms with Gasteiger partial charge in [0.05, 0.1) is 15.8 Å². The molecule has 0 radical (unpaired) electrons. The minimum atomic E-state index is 0.127. The Bertz CT molecular complexity index is 670. The summed E-state index contributed by atoms with van der Waals surface area (Å²) >= 11 is 9.58. The molecular formula is C15H14BrClN2O. The quantitative estimate of drug-likeness (QED) is 0.604. The fourth-order valence-corrected chi connectivity index (χ4v) is 2.59. The Kier molecular flexibility index (Phi) is 4.35. The van der Waals surface area contributed by atoms with Gasteiger partial charge in [0.2, 0.25) is 0 Å². The first-order valence-electron chi connectivity index (χ1n) is 5.99. The molecule has 0 aliphatic carbocycles. The Morgan fingerprint density at radius 1 is 1.25 bits per heavy atom. The van der Waals surface area contributed by atoms with Crippen LogP contribution in [0.1, 0.15) is 16.7 Å². The lowest BCUT2D eigenvalue weighted by molar-refractivity contribution is 0.470. The summed E-state index contributed by atoms with van der Waals surface area (Å²) in [5, 5.41) is 10.8. The average Bonchev–Trinajstić information content (AvgIpc) is 2.45. The molecule has 2 aromatic carbocycles. The number of hydrogen-bond donors (Lipinski definition) is 2. The van der Waals surface area contributed by atoms with Crippen molar-refractivity contribution >= 4 is 45.1 Å². The van der Waals surface area contributed by atoms with Gasteiger partial charge in [0, 0.05) is 16.8 Å². The van der Waals surface area contributed by atoms with E-state index in [0.29, 0.717) is 26.4 Å². The number of nitrogen functional groups attached to an aromatic ring is 1. The Balaban J connectivity index is 2.53. The molecule has 2 rings (SSSR count). The number of nitrogens with two attached hydrogens (primary N) is 1. The molecule has 0 aliphatic rings. The summed E-state index contributed by atoms with van der Waals surface area (Å²) in [5.41, 5.74) is 9.23. The monoisotopic (exact) mass is 352 g/mol. The molecule has 0 amide bonds. The van der Waals surface area contributed by atoms with Crippen LogP contribution in [0, 0.1) is 13.8 Å². The summed E-state index contributed by atoms with van der Waals surface area (Å²) in [4.78, 5) is 4.32. The van der Waals surface area contributed by atoms with Crippen LogP contribution in [0.2, 0.25) is 5.02 Å². The number of phenols is 1. The maximum atomic E-state index is 10.2. The molecule has 0 bridgehead atoms. The highest BCUT2D eigenvalue weighted by Crippen LogP contribution is 2.38. The minimum Gasteiger partial charge on any atom is -0.506 e. The number of halogens is 2. The largest absolute Gasteiger partial charge is 0.506 e. The second kappa shape index (κ2) is 5.85. The van der Waals surface area contributed by atoms with Crippen molar-refractivity contribution in [2.45, 2.75) is 13.8 Å². The number of rotatable bonds is 2. The van der Waals surface area contributed by atoms with E-state index < -0.39 is 0 Å². The first-order valence-corrected chi connectivity index (χ1v) is 7.16. The summed E-state index contributed by atoms with van der Waals surface area (Å²) in [5.74, 6) is 0.127. The highest BCUT2D eigenvalue weighted by molar-refractivity contribution is 9.10. The van der Waals surface area contributed by atoms with Crippen LogP contribution in [0.4, 0.5) is 11.4 Å². The molecule has 0 heterocycles. The maximum absolute atomic E-state index is 10.2. The third kappa shape index (κ3) is 2.67.